The highest BCUT2D eigenvalue weighted by Crippen LogP contribution is 2.25. The van der Waals surface area contributed by atoms with Crippen LogP contribution in [0.5, 0.6) is 0 Å². The second-order valence-electron chi connectivity index (χ2n) is 3.86. The predicted octanol–water partition coefficient (Wildman–Crippen LogP) is 2.89. The van der Waals surface area contributed by atoms with E-state index < -0.39 is 17.5 Å². The maximum absolute atomic E-state index is 13.6. The Labute approximate surface area is 102 Å². The van der Waals surface area contributed by atoms with Crippen molar-refractivity contribution in [3.05, 3.63) is 53.6 Å². The Hall–Kier alpha value is -1.88. The second-order valence-corrected chi connectivity index (χ2v) is 3.86. The summed E-state index contributed by atoms with van der Waals surface area (Å²) in [5, 5.41) is 2.93. The lowest BCUT2D eigenvalue weighted by atomic mass is 10.0. The zero-order valence-electron chi connectivity index (χ0n) is 9.67. The summed E-state index contributed by atoms with van der Waals surface area (Å²) in [5.74, 6) is -3.08. The van der Waals surface area contributed by atoms with Gasteiger partial charge in [-0.15, -0.1) is 0 Å². The molecule has 5 heteroatoms. The topological polar surface area (TPSA) is 24.9 Å². The molecule has 2 rings (SSSR count). The second kappa shape index (κ2) is 5.18. The number of halogens is 3. The van der Waals surface area contributed by atoms with E-state index in [2.05, 4.69) is 10.3 Å². The molecule has 0 saturated heterocycles. The first-order chi connectivity index (χ1) is 8.61. The lowest BCUT2D eigenvalue weighted by Crippen LogP contribution is -2.05. The van der Waals surface area contributed by atoms with Crippen LogP contribution in [0, 0.1) is 17.5 Å². The maximum Gasteiger partial charge on any atom is 0.161 e. The molecule has 0 spiro atoms. The molecule has 0 aliphatic carbocycles. The van der Waals surface area contributed by atoms with Crippen LogP contribution in [0.15, 0.2) is 30.6 Å². The molecule has 0 radical (unpaired) electrons. The average molecular weight is 252 g/mol. The van der Waals surface area contributed by atoms with Crippen LogP contribution in [0.1, 0.15) is 5.56 Å². The number of aromatic nitrogens is 1. The molecule has 2 aromatic rings. The quantitative estimate of drug-likeness (QED) is 0.850. The standard InChI is InChI=1S/C13H11F3N2/c1-17-5-8-2-9(7-18-6-8)10-3-12(15)13(16)4-11(10)14/h2-4,6-7,17H,5H2,1H3. The summed E-state index contributed by atoms with van der Waals surface area (Å²) in [4.78, 5) is 3.95. The first-order valence-electron chi connectivity index (χ1n) is 5.35. The van der Waals surface area contributed by atoms with E-state index in [1.54, 1.807) is 19.3 Å². The van der Waals surface area contributed by atoms with E-state index in [0.717, 1.165) is 11.6 Å². The van der Waals surface area contributed by atoms with E-state index >= 15 is 0 Å². The van der Waals surface area contributed by atoms with Crippen LogP contribution in [0.3, 0.4) is 0 Å². The SMILES string of the molecule is CNCc1cncc(-c2cc(F)c(F)cc2F)c1. The zero-order chi connectivity index (χ0) is 13.1. The highest BCUT2D eigenvalue weighted by atomic mass is 19.2. The molecule has 1 aromatic heterocycles. The molecule has 18 heavy (non-hydrogen) atoms. The Balaban J connectivity index is 2.48. The van der Waals surface area contributed by atoms with Gasteiger partial charge < -0.3 is 5.32 Å². The third-order valence-electron chi connectivity index (χ3n) is 2.50. The fourth-order valence-electron chi connectivity index (χ4n) is 1.68. The first kappa shape index (κ1) is 12.6. The van der Waals surface area contributed by atoms with Gasteiger partial charge in [-0.1, -0.05) is 0 Å². The van der Waals surface area contributed by atoms with Crippen LogP contribution in [-0.2, 0) is 6.54 Å². The largest absolute Gasteiger partial charge is 0.316 e. The van der Waals surface area contributed by atoms with E-state index in [9.17, 15) is 13.2 Å². The average Bonchev–Trinajstić information content (AvgIpc) is 2.34. The van der Waals surface area contributed by atoms with Crippen molar-refractivity contribution in [1.29, 1.82) is 0 Å². The number of benzene rings is 1. The van der Waals surface area contributed by atoms with Crippen molar-refractivity contribution in [3.63, 3.8) is 0 Å². The Kier molecular flexibility index (Phi) is 3.62. The van der Waals surface area contributed by atoms with Crippen LogP contribution in [0.25, 0.3) is 11.1 Å². The Morgan fingerprint density at radius 1 is 1.00 bits per heavy atom. The molecule has 2 nitrogen and oxygen atoms in total. The molecular formula is C13H11F3N2. The fraction of sp³-hybridized carbons (Fsp3) is 0.154. The molecule has 0 fully saturated rings. The molecule has 1 N–H and O–H groups in total. The predicted molar refractivity (Wildman–Crippen MR) is 62.3 cm³/mol. The number of hydrogen-bond donors (Lipinski definition) is 1. The van der Waals surface area contributed by atoms with Gasteiger partial charge in [-0.2, -0.15) is 0 Å². The third-order valence-corrected chi connectivity index (χ3v) is 2.50. The number of nitrogens with one attached hydrogen (secondary N) is 1. The molecular weight excluding hydrogens is 241 g/mol. The van der Waals surface area contributed by atoms with Gasteiger partial charge in [-0.25, -0.2) is 13.2 Å². The molecule has 0 atom stereocenters. The highest BCUT2D eigenvalue weighted by Gasteiger charge is 2.12. The number of pyridine rings is 1. The molecule has 0 aliphatic heterocycles. The first-order valence-corrected chi connectivity index (χ1v) is 5.35. The number of nitrogens with zero attached hydrogens (tertiary/aromatic N) is 1. The van der Waals surface area contributed by atoms with Gasteiger partial charge in [0, 0.05) is 36.1 Å². The van der Waals surface area contributed by atoms with Crippen LogP contribution in [0.2, 0.25) is 0 Å². The van der Waals surface area contributed by atoms with Gasteiger partial charge in [0.1, 0.15) is 5.82 Å². The maximum atomic E-state index is 13.6. The normalized spacial score (nSPS) is 10.7. The van der Waals surface area contributed by atoms with Crippen molar-refractivity contribution in [3.8, 4) is 11.1 Å². The van der Waals surface area contributed by atoms with E-state index in [4.69, 9.17) is 0 Å². The molecule has 0 saturated carbocycles. The molecule has 0 amide bonds. The van der Waals surface area contributed by atoms with Gasteiger partial charge >= 0.3 is 0 Å². The van der Waals surface area contributed by atoms with E-state index in [0.29, 0.717) is 18.2 Å². The molecule has 0 aliphatic rings. The summed E-state index contributed by atoms with van der Waals surface area (Å²) in [5.41, 5.74) is 1.25. The Morgan fingerprint density at radius 3 is 2.44 bits per heavy atom. The number of rotatable bonds is 3. The number of hydrogen-bond acceptors (Lipinski definition) is 2. The van der Waals surface area contributed by atoms with E-state index in [1.165, 1.54) is 6.20 Å². The minimum absolute atomic E-state index is 0.000599. The molecule has 1 aromatic carbocycles. The smallest absolute Gasteiger partial charge is 0.161 e. The summed E-state index contributed by atoms with van der Waals surface area (Å²) in [6, 6.07) is 3.06. The highest BCUT2D eigenvalue weighted by molar-refractivity contribution is 5.63. The molecule has 0 bridgehead atoms. The van der Waals surface area contributed by atoms with Gasteiger partial charge in [0.05, 0.1) is 0 Å². The summed E-state index contributed by atoms with van der Waals surface area (Å²) in [6.07, 6.45) is 3.03. The third kappa shape index (κ3) is 2.51. The van der Waals surface area contributed by atoms with Gasteiger partial charge in [-0.3, -0.25) is 4.98 Å². The van der Waals surface area contributed by atoms with Gasteiger partial charge in [0.2, 0.25) is 0 Å². The summed E-state index contributed by atoms with van der Waals surface area (Å²) in [6.45, 7) is 0.562. The van der Waals surface area contributed by atoms with Crippen LogP contribution in [-0.4, -0.2) is 12.0 Å². The van der Waals surface area contributed by atoms with Crippen LogP contribution >= 0.6 is 0 Å². The monoisotopic (exact) mass is 252 g/mol. The molecule has 0 unspecified atom stereocenters. The Morgan fingerprint density at radius 2 is 1.72 bits per heavy atom. The van der Waals surface area contributed by atoms with Crippen molar-refractivity contribution < 1.29 is 13.2 Å². The Bertz CT molecular complexity index is 570. The summed E-state index contributed by atoms with van der Waals surface area (Å²) >= 11 is 0. The van der Waals surface area contributed by atoms with Crippen LogP contribution < -0.4 is 5.32 Å². The molecule has 94 valence electrons. The zero-order valence-corrected chi connectivity index (χ0v) is 9.67. The van der Waals surface area contributed by atoms with Crippen molar-refractivity contribution in [2.45, 2.75) is 6.54 Å². The van der Waals surface area contributed by atoms with Crippen molar-refractivity contribution in [2.75, 3.05) is 7.05 Å². The minimum Gasteiger partial charge on any atom is -0.316 e. The fourth-order valence-corrected chi connectivity index (χ4v) is 1.68. The lowest BCUT2D eigenvalue weighted by Gasteiger charge is -2.06. The minimum atomic E-state index is -1.20. The van der Waals surface area contributed by atoms with Gasteiger partial charge in [-0.05, 0) is 24.7 Å². The lowest BCUT2D eigenvalue weighted by molar-refractivity contribution is 0.496. The summed E-state index contributed by atoms with van der Waals surface area (Å²) in [7, 11) is 1.77. The van der Waals surface area contributed by atoms with Crippen LogP contribution in [0.4, 0.5) is 13.2 Å². The van der Waals surface area contributed by atoms with Gasteiger partial charge in [0.25, 0.3) is 0 Å². The van der Waals surface area contributed by atoms with Crippen molar-refractivity contribution in [2.24, 2.45) is 0 Å². The van der Waals surface area contributed by atoms with Gasteiger partial charge in [0.15, 0.2) is 11.6 Å². The molecule has 1 heterocycles. The van der Waals surface area contributed by atoms with E-state index in [-0.39, 0.29) is 5.56 Å². The summed E-state index contributed by atoms with van der Waals surface area (Å²) < 4.78 is 39.5. The van der Waals surface area contributed by atoms with Crippen molar-refractivity contribution in [1.82, 2.24) is 10.3 Å². The van der Waals surface area contributed by atoms with E-state index in [1.807, 2.05) is 0 Å². The van der Waals surface area contributed by atoms with Crippen molar-refractivity contribution >= 4 is 0 Å².